The minimum absolute atomic E-state index is 0.174. The molecule has 0 unspecified atom stereocenters. The lowest BCUT2D eigenvalue weighted by Gasteiger charge is -2.14. The number of fused-ring (bicyclic) bond motifs is 1. The van der Waals surface area contributed by atoms with Crippen molar-refractivity contribution in [2.24, 2.45) is 14.1 Å². The van der Waals surface area contributed by atoms with Crippen LogP contribution >= 0.6 is 0 Å². The number of nitrogens with one attached hydrogen (secondary N) is 1. The highest BCUT2D eigenvalue weighted by Crippen LogP contribution is 2.18. The van der Waals surface area contributed by atoms with Crippen molar-refractivity contribution >= 4 is 22.9 Å². The van der Waals surface area contributed by atoms with Gasteiger partial charge in [-0.25, -0.2) is 9.78 Å². The van der Waals surface area contributed by atoms with Crippen LogP contribution in [0.2, 0.25) is 0 Å². The first-order valence-electron chi connectivity index (χ1n) is 9.21. The van der Waals surface area contributed by atoms with Crippen LogP contribution in [-0.2, 0) is 18.9 Å². The molecule has 0 fully saturated rings. The third-order valence-electron chi connectivity index (χ3n) is 4.96. The first-order valence-corrected chi connectivity index (χ1v) is 9.21. The van der Waals surface area contributed by atoms with Crippen molar-refractivity contribution < 1.29 is 4.79 Å². The SMILES string of the molecule is C[C@H](C(=O)Nc1ccc(-c2ccccc2)nn1)n1cnc2c1c(=O)n(C)c(=O)n2C. The summed E-state index contributed by atoms with van der Waals surface area (Å²) in [6.07, 6.45) is 1.37. The van der Waals surface area contributed by atoms with Crippen LogP contribution in [0.25, 0.3) is 22.4 Å². The minimum Gasteiger partial charge on any atom is -0.312 e. The van der Waals surface area contributed by atoms with E-state index in [1.165, 1.54) is 29.6 Å². The maximum Gasteiger partial charge on any atom is 0.332 e. The number of carbonyl (C=O) groups excluding carboxylic acids is 1. The molecule has 0 aliphatic rings. The molecule has 1 aromatic carbocycles. The van der Waals surface area contributed by atoms with Gasteiger partial charge in [0, 0.05) is 19.7 Å². The fourth-order valence-electron chi connectivity index (χ4n) is 3.18. The number of aryl methyl sites for hydroxylation is 1. The molecule has 3 heterocycles. The number of nitrogens with zero attached hydrogens (tertiary/aromatic N) is 6. The molecule has 10 nitrogen and oxygen atoms in total. The van der Waals surface area contributed by atoms with E-state index in [4.69, 9.17) is 0 Å². The topological polar surface area (TPSA) is 117 Å². The van der Waals surface area contributed by atoms with Crippen LogP contribution in [0, 0.1) is 0 Å². The second-order valence-corrected chi connectivity index (χ2v) is 6.86. The van der Waals surface area contributed by atoms with Crippen LogP contribution < -0.4 is 16.6 Å². The molecule has 10 heteroatoms. The first-order chi connectivity index (χ1) is 14.4. The number of imidazole rings is 1. The Bertz CT molecular complexity index is 1350. The van der Waals surface area contributed by atoms with E-state index in [1.54, 1.807) is 19.1 Å². The van der Waals surface area contributed by atoms with Crippen molar-refractivity contribution in [1.29, 1.82) is 0 Å². The Balaban J connectivity index is 1.60. The zero-order valence-electron chi connectivity index (χ0n) is 16.6. The zero-order valence-corrected chi connectivity index (χ0v) is 16.6. The molecule has 0 saturated heterocycles. The number of rotatable bonds is 4. The molecule has 0 aliphatic heterocycles. The summed E-state index contributed by atoms with van der Waals surface area (Å²) in [6, 6.07) is 12.2. The van der Waals surface area contributed by atoms with E-state index in [0.717, 1.165) is 10.1 Å². The molecule has 1 N–H and O–H groups in total. The van der Waals surface area contributed by atoms with Gasteiger partial charge in [0.25, 0.3) is 5.56 Å². The number of anilines is 1. The molecule has 4 aromatic rings. The molecule has 1 amide bonds. The standard InChI is InChI=1S/C20H19N7O3/c1-12(27-11-21-17-16(27)19(29)26(3)20(30)25(17)2)18(28)22-15-10-9-14(23-24-15)13-7-5-4-6-8-13/h4-12H,1-3H3,(H,22,24,28)/t12-/m1/s1. The van der Waals surface area contributed by atoms with E-state index in [9.17, 15) is 14.4 Å². The first kappa shape index (κ1) is 19.2. The van der Waals surface area contributed by atoms with Crippen molar-refractivity contribution in [3.8, 4) is 11.3 Å². The smallest absolute Gasteiger partial charge is 0.312 e. The molecule has 152 valence electrons. The summed E-state index contributed by atoms with van der Waals surface area (Å²) < 4.78 is 3.70. The van der Waals surface area contributed by atoms with E-state index in [1.807, 2.05) is 30.3 Å². The monoisotopic (exact) mass is 405 g/mol. The molecule has 0 radical (unpaired) electrons. The highest BCUT2D eigenvalue weighted by atomic mass is 16.2. The largest absolute Gasteiger partial charge is 0.332 e. The normalized spacial score (nSPS) is 12.1. The van der Waals surface area contributed by atoms with E-state index in [-0.39, 0.29) is 17.0 Å². The van der Waals surface area contributed by atoms with Crippen LogP contribution in [0.5, 0.6) is 0 Å². The average Bonchev–Trinajstić information content (AvgIpc) is 3.22. The van der Waals surface area contributed by atoms with E-state index >= 15 is 0 Å². The van der Waals surface area contributed by atoms with Gasteiger partial charge in [0.1, 0.15) is 6.04 Å². The van der Waals surface area contributed by atoms with Crippen LogP contribution in [0.15, 0.2) is 58.4 Å². The summed E-state index contributed by atoms with van der Waals surface area (Å²) in [4.78, 5) is 41.5. The average molecular weight is 405 g/mol. The molecule has 0 aliphatic carbocycles. The Kier molecular flexibility index (Phi) is 4.74. The molecule has 4 rings (SSSR count). The van der Waals surface area contributed by atoms with Crippen LogP contribution in [0.3, 0.4) is 0 Å². The second-order valence-electron chi connectivity index (χ2n) is 6.86. The highest BCUT2D eigenvalue weighted by molar-refractivity contribution is 5.93. The summed E-state index contributed by atoms with van der Waals surface area (Å²) in [5.74, 6) is -0.108. The summed E-state index contributed by atoms with van der Waals surface area (Å²) in [5, 5.41) is 10.9. The predicted molar refractivity (Wildman–Crippen MR) is 111 cm³/mol. The van der Waals surface area contributed by atoms with Gasteiger partial charge in [0.15, 0.2) is 17.0 Å². The Hall–Kier alpha value is -4.08. The summed E-state index contributed by atoms with van der Waals surface area (Å²) in [6.45, 7) is 1.63. The number of carbonyl (C=O) groups is 1. The number of aromatic nitrogens is 6. The number of amides is 1. The molecule has 3 aromatic heterocycles. The Labute approximate surface area is 170 Å². The Morgan fingerprint density at radius 3 is 2.40 bits per heavy atom. The summed E-state index contributed by atoms with van der Waals surface area (Å²) in [7, 11) is 2.91. The second kappa shape index (κ2) is 7.39. The van der Waals surface area contributed by atoms with E-state index in [2.05, 4.69) is 20.5 Å². The molecule has 30 heavy (non-hydrogen) atoms. The van der Waals surface area contributed by atoms with E-state index < -0.39 is 23.2 Å². The lowest BCUT2D eigenvalue weighted by Crippen LogP contribution is -2.38. The molecular weight excluding hydrogens is 386 g/mol. The summed E-state index contributed by atoms with van der Waals surface area (Å²) >= 11 is 0. The van der Waals surface area contributed by atoms with Crippen molar-refractivity contribution in [3.05, 3.63) is 69.6 Å². The lowest BCUT2D eigenvalue weighted by molar-refractivity contribution is -0.118. The van der Waals surface area contributed by atoms with Gasteiger partial charge in [-0.15, -0.1) is 10.2 Å². The predicted octanol–water partition coefficient (Wildman–Crippen LogP) is 1.09. The molecule has 0 bridgehead atoms. The minimum atomic E-state index is -0.768. The van der Waals surface area contributed by atoms with Crippen molar-refractivity contribution in [2.75, 3.05) is 5.32 Å². The van der Waals surface area contributed by atoms with Gasteiger partial charge < -0.3 is 9.88 Å². The zero-order chi connectivity index (χ0) is 21.4. The van der Waals surface area contributed by atoms with Crippen molar-refractivity contribution in [2.45, 2.75) is 13.0 Å². The van der Waals surface area contributed by atoms with Gasteiger partial charge in [0.2, 0.25) is 5.91 Å². The van der Waals surface area contributed by atoms with E-state index in [0.29, 0.717) is 5.69 Å². The number of hydrogen-bond donors (Lipinski definition) is 1. The van der Waals surface area contributed by atoms with Crippen LogP contribution in [0.4, 0.5) is 5.82 Å². The maximum atomic E-state index is 12.8. The highest BCUT2D eigenvalue weighted by Gasteiger charge is 2.22. The molecule has 1 atom stereocenters. The maximum absolute atomic E-state index is 12.8. The third-order valence-corrected chi connectivity index (χ3v) is 4.96. The Morgan fingerprint density at radius 1 is 1.00 bits per heavy atom. The van der Waals surface area contributed by atoms with Crippen molar-refractivity contribution in [1.82, 2.24) is 28.9 Å². The fraction of sp³-hybridized carbons (Fsp3) is 0.200. The van der Waals surface area contributed by atoms with Gasteiger partial charge in [0.05, 0.1) is 12.0 Å². The molecule has 0 saturated carbocycles. The van der Waals surface area contributed by atoms with Crippen LogP contribution in [-0.4, -0.2) is 34.8 Å². The Morgan fingerprint density at radius 2 is 1.73 bits per heavy atom. The van der Waals surface area contributed by atoms with Crippen LogP contribution in [0.1, 0.15) is 13.0 Å². The number of hydrogen-bond acceptors (Lipinski definition) is 6. The molecular formula is C20H19N7O3. The fourth-order valence-corrected chi connectivity index (χ4v) is 3.18. The number of benzene rings is 1. The summed E-state index contributed by atoms with van der Waals surface area (Å²) in [5.41, 5.74) is 0.998. The van der Waals surface area contributed by atoms with Gasteiger partial charge in [-0.2, -0.15) is 0 Å². The lowest BCUT2D eigenvalue weighted by atomic mass is 10.1. The van der Waals surface area contributed by atoms with Gasteiger partial charge in [-0.05, 0) is 19.1 Å². The molecule has 0 spiro atoms. The van der Waals surface area contributed by atoms with Crippen molar-refractivity contribution in [3.63, 3.8) is 0 Å². The third kappa shape index (κ3) is 3.17. The van der Waals surface area contributed by atoms with Gasteiger partial charge in [-0.3, -0.25) is 18.7 Å². The van der Waals surface area contributed by atoms with Gasteiger partial charge in [-0.1, -0.05) is 30.3 Å². The quantitative estimate of drug-likeness (QED) is 0.543. The van der Waals surface area contributed by atoms with Gasteiger partial charge >= 0.3 is 5.69 Å².